The predicted octanol–water partition coefficient (Wildman–Crippen LogP) is 6.06. The first kappa shape index (κ1) is 32.0. The number of benzene rings is 4. The van der Waals surface area contributed by atoms with Gasteiger partial charge in [0.05, 0.1) is 27.5 Å². The molecule has 0 saturated heterocycles. The molecule has 0 N–H and O–H groups in total. The lowest BCUT2D eigenvalue weighted by Gasteiger charge is -2.40. The first-order chi connectivity index (χ1) is 19.1. The Bertz CT molecular complexity index is 1450. The van der Waals surface area contributed by atoms with Crippen LogP contribution >= 0.6 is 18.6 Å². The maximum absolute atomic E-state index is 7.28. The number of thiazole rings is 1. The lowest BCUT2D eigenvalue weighted by molar-refractivity contribution is -0.00000952. The summed E-state index contributed by atoms with van der Waals surface area (Å²) in [7, 11) is -4.01. The molecule has 5 aromatic rings. The second kappa shape index (κ2) is 13.2. The van der Waals surface area contributed by atoms with Crippen molar-refractivity contribution in [3.8, 4) is 0 Å². The monoisotopic (exact) mass is 709 g/mol. The van der Waals surface area contributed by atoms with E-state index in [1.54, 1.807) is 11.3 Å². The minimum absolute atomic E-state index is 0. The number of nitrogens with zero attached hydrogens (tertiary/aromatic N) is 1. The third-order valence-electron chi connectivity index (χ3n) is 8.45. The highest BCUT2D eigenvalue weighted by atomic mass is 127. The molecule has 0 aliphatic heterocycles. The van der Waals surface area contributed by atoms with E-state index >= 15 is 0 Å². The molecule has 0 fully saturated rings. The van der Waals surface area contributed by atoms with E-state index in [1.165, 1.54) is 26.2 Å². The van der Waals surface area contributed by atoms with Gasteiger partial charge in [-0.05, 0) is 79.2 Å². The normalized spacial score (nSPS) is 13.1. The number of hydrogen-bond donors (Lipinski definition) is 0. The van der Waals surface area contributed by atoms with Crippen LogP contribution in [0.25, 0.3) is 10.2 Å². The van der Waals surface area contributed by atoms with E-state index in [4.69, 9.17) is 9.41 Å². The Labute approximate surface area is 269 Å². The van der Waals surface area contributed by atoms with Gasteiger partial charge in [-0.3, -0.25) is 0 Å². The fourth-order valence-corrected chi connectivity index (χ4v) is 11.7. The van der Waals surface area contributed by atoms with Crippen LogP contribution in [0.5, 0.6) is 0 Å². The van der Waals surface area contributed by atoms with Crippen LogP contribution in [0.4, 0.5) is 0 Å². The van der Waals surface area contributed by atoms with Crippen LogP contribution < -0.4 is 39.9 Å². The number of rotatable bonds is 9. The molecule has 6 heteroatoms. The van der Waals surface area contributed by atoms with Gasteiger partial charge >= 0.3 is 0 Å². The highest BCUT2D eigenvalue weighted by Crippen LogP contribution is 2.57. The summed E-state index contributed by atoms with van der Waals surface area (Å²) in [6, 6.07) is 40.4. The lowest BCUT2D eigenvalue weighted by Crippen LogP contribution is -3.00. The molecule has 214 valence electrons. The third kappa shape index (κ3) is 6.86. The molecule has 1 heterocycles. The minimum atomic E-state index is -2.05. The Hall–Kier alpha value is -1.89. The number of fused-ring (bicyclic) bond motifs is 1. The van der Waals surface area contributed by atoms with Gasteiger partial charge in [-0.25, -0.2) is 4.98 Å². The molecule has 1 aromatic heterocycles. The summed E-state index contributed by atoms with van der Waals surface area (Å²) < 4.78 is 8.52. The predicted molar refractivity (Wildman–Crippen MR) is 180 cm³/mol. The van der Waals surface area contributed by atoms with Crippen LogP contribution in [-0.2, 0) is 4.43 Å². The van der Waals surface area contributed by atoms with Crippen LogP contribution in [0.2, 0.25) is 18.1 Å². The number of halogens is 1. The van der Waals surface area contributed by atoms with Crippen LogP contribution in [-0.4, -0.2) is 19.5 Å². The first-order valence-electron chi connectivity index (χ1n) is 14.2. The van der Waals surface area contributed by atoms with Crippen LogP contribution in [0.3, 0.4) is 0 Å². The smallest absolute Gasteiger partial charge is 0.192 e. The van der Waals surface area contributed by atoms with Gasteiger partial charge in [0.25, 0.3) is 0 Å². The second-order valence-electron chi connectivity index (χ2n) is 12.2. The van der Waals surface area contributed by atoms with Gasteiger partial charge in [0.2, 0.25) is 0 Å². The van der Waals surface area contributed by atoms with Crippen molar-refractivity contribution in [2.24, 2.45) is 0 Å². The maximum atomic E-state index is 7.28. The van der Waals surface area contributed by atoms with E-state index in [2.05, 4.69) is 150 Å². The standard InChI is InChI=1S/C35H41NOPSSi.HI/c1-27-36-32-26-28(22-23-34(32)39-27)33(37-40(5,6)35(2,3)4)24-25-38(29-16-10-7-11-17-29,30-18-12-8-13-19-30)31-20-14-9-15-21-31;/h7-23,26,33H,24-25H2,1-6H3;1H/q+1;/p-1/t33-;/m0./s1. The summed E-state index contributed by atoms with van der Waals surface area (Å²) in [5, 5.41) is 5.49. The zero-order valence-electron chi connectivity index (χ0n) is 25.0. The second-order valence-corrected chi connectivity index (χ2v) is 21.8. The Balaban J connectivity index is 0.00000387. The van der Waals surface area contributed by atoms with E-state index in [-0.39, 0.29) is 35.1 Å². The van der Waals surface area contributed by atoms with Crippen molar-refractivity contribution < 1.29 is 28.4 Å². The average molecular weight is 710 g/mol. The molecule has 0 unspecified atom stereocenters. The lowest BCUT2D eigenvalue weighted by atomic mass is 10.1. The van der Waals surface area contributed by atoms with Gasteiger partial charge < -0.3 is 28.4 Å². The first-order valence-corrected chi connectivity index (χ1v) is 19.9. The molecule has 2 nitrogen and oxygen atoms in total. The molecule has 0 saturated carbocycles. The fourth-order valence-electron chi connectivity index (χ4n) is 5.28. The summed E-state index contributed by atoms with van der Waals surface area (Å²) in [6.07, 6.45) is 1.97. The molecule has 1 atom stereocenters. The average Bonchev–Trinajstić information content (AvgIpc) is 3.33. The van der Waals surface area contributed by atoms with E-state index in [0.29, 0.717) is 0 Å². The van der Waals surface area contributed by atoms with Gasteiger partial charge in [-0.2, -0.15) is 0 Å². The van der Waals surface area contributed by atoms with Crippen LogP contribution in [0.1, 0.15) is 43.9 Å². The number of hydrogen-bond acceptors (Lipinski definition) is 3. The Morgan fingerprint density at radius 1 is 0.780 bits per heavy atom. The SMILES string of the molecule is Cc1nc2cc([C@H](CC[P+](c3ccccc3)(c3ccccc3)c3ccccc3)O[Si](C)(C)C(C)(C)C)ccc2s1.[I-]. The minimum Gasteiger partial charge on any atom is -1.00 e. The molecular weight excluding hydrogens is 668 g/mol. The zero-order valence-corrected chi connectivity index (χ0v) is 29.8. The molecule has 5 rings (SSSR count). The van der Waals surface area contributed by atoms with Gasteiger partial charge in [0.1, 0.15) is 23.2 Å². The van der Waals surface area contributed by atoms with Crippen LogP contribution in [0.15, 0.2) is 109 Å². The van der Waals surface area contributed by atoms with Gasteiger partial charge in [0, 0.05) is 6.42 Å². The molecule has 0 spiro atoms. The van der Waals surface area contributed by atoms with Gasteiger partial charge in [-0.1, -0.05) is 81.4 Å². The van der Waals surface area contributed by atoms with E-state index in [0.717, 1.165) is 23.1 Å². The molecule has 0 amide bonds. The highest BCUT2D eigenvalue weighted by Gasteiger charge is 2.46. The molecule has 0 radical (unpaired) electrons. The number of aromatic nitrogens is 1. The molecule has 0 aliphatic carbocycles. The van der Waals surface area contributed by atoms with Crippen molar-refractivity contribution in [2.45, 2.75) is 58.4 Å². The van der Waals surface area contributed by atoms with E-state index in [9.17, 15) is 0 Å². The van der Waals surface area contributed by atoms with E-state index < -0.39 is 15.6 Å². The molecular formula is C35H41INOPSSi. The molecule has 4 aromatic carbocycles. The summed E-state index contributed by atoms with van der Waals surface area (Å²) in [5.74, 6) is 0. The quantitative estimate of drug-likeness (QED) is 0.106. The van der Waals surface area contributed by atoms with Crippen molar-refractivity contribution in [3.05, 3.63) is 120 Å². The van der Waals surface area contributed by atoms with Crippen molar-refractivity contribution in [1.29, 1.82) is 0 Å². The van der Waals surface area contributed by atoms with E-state index in [1.807, 2.05) is 0 Å². The molecule has 0 bridgehead atoms. The molecule has 41 heavy (non-hydrogen) atoms. The largest absolute Gasteiger partial charge is 1.00 e. The Morgan fingerprint density at radius 3 is 1.73 bits per heavy atom. The fraction of sp³-hybridized carbons (Fsp3) is 0.286. The Morgan fingerprint density at radius 2 is 1.27 bits per heavy atom. The van der Waals surface area contributed by atoms with Crippen molar-refractivity contribution >= 4 is 53.0 Å². The topological polar surface area (TPSA) is 22.1 Å². The summed E-state index contributed by atoms with van der Waals surface area (Å²) in [4.78, 5) is 4.83. The number of aryl methyl sites for hydroxylation is 1. The summed E-state index contributed by atoms with van der Waals surface area (Å²) in [6.45, 7) is 13.8. The van der Waals surface area contributed by atoms with Gasteiger partial charge in [-0.15, -0.1) is 11.3 Å². The van der Waals surface area contributed by atoms with Crippen molar-refractivity contribution in [1.82, 2.24) is 4.98 Å². The van der Waals surface area contributed by atoms with Crippen molar-refractivity contribution in [3.63, 3.8) is 0 Å². The molecule has 0 aliphatic rings. The third-order valence-corrected chi connectivity index (χ3v) is 18.4. The maximum Gasteiger partial charge on any atom is 0.192 e. The zero-order chi connectivity index (χ0) is 28.4. The highest BCUT2D eigenvalue weighted by molar-refractivity contribution is 7.95. The Kier molecular flexibility index (Phi) is 10.3. The van der Waals surface area contributed by atoms with Crippen LogP contribution in [0, 0.1) is 6.92 Å². The van der Waals surface area contributed by atoms with Crippen molar-refractivity contribution in [2.75, 3.05) is 6.16 Å². The van der Waals surface area contributed by atoms with Gasteiger partial charge in [0.15, 0.2) is 8.32 Å². The summed E-state index contributed by atoms with van der Waals surface area (Å²) in [5.41, 5.74) is 2.33. The summed E-state index contributed by atoms with van der Waals surface area (Å²) >= 11 is 1.76.